The molecule has 152 valence electrons. The summed E-state index contributed by atoms with van der Waals surface area (Å²) in [5.41, 5.74) is 2.92. The van der Waals surface area contributed by atoms with Gasteiger partial charge in [0.05, 0.1) is 11.9 Å². The van der Waals surface area contributed by atoms with E-state index in [0.29, 0.717) is 21.3 Å². The molecule has 0 fully saturated rings. The summed E-state index contributed by atoms with van der Waals surface area (Å²) in [5, 5.41) is 22.5. The number of nitrogens with zero attached hydrogens (tertiary/aromatic N) is 2. The minimum absolute atomic E-state index is 0.108. The van der Waals surface area contributed by atoms with Crippen LogP contribution >= 0.6 is 11.3 Å². The summed E-state index contributed by atoms with van der Waals surface area (Å²) in [6.07, 6.45) is 1.40. The van der Waals surface area contributed by atoms with Gasteiger partial charge in [-0.05, 0) is 31.5 Å². The molecule has 0 bridgehead atoms. The Kier molecular flexibility index (Phi) is 5.43. The van der Waals surface area contributed by atoms with Crippen molar-refractivity contribution < 1.29 is 14.7 Å². The lowest BCUT2D eigenvalue weighted by Gasteiger charge is -2.14. The number of anilines is 2. The van der Waals surface area contributed by atoms with Gasteiger partial charge in [-0.25, -0.2) is 4.98 Å². The molecule has 3 rings (SSSR count). The average molecular weight is 414 g/mol. The van der Waals surface area contributed by atoms with Crippen LogP contribution < -0.4 is 10.6 Å². The van der Waals surface area contributed by atoms with Crippen molar-refractivity contribution >= 4 is 34.0 Å². The fourth-order valence-electron chi connectivity index (χ4n) is 2.62. The van der Waals surface area contributed by atoms with Crippen LogP contribution in [0.2, 0.25) is 0 Å². The Balaban J connectivity index is 1.71. The molecule has 2 heterocycles. The topological polar surface area (TPSA) is 120 Å². The number of phenolic OH excluding ortho intramolecular Hbond substituents is 1. The molecular formula is C20H23N5O3S. The fourth-order valence-corrected chi connectivity index (χ4v) is 3.33. The van der Waals surface area contributed by atoms with Gasteiger partial charge < -0.3 is 10.4 Å². The smallest absolute Gasteiger partial charge is 0.277 e. The van der Waals surface area contributed by atoms with Crippen molar-refractivity contribution in [1.29, 1.82) is 0 Å². The summed E-state index contributed by atoms with van der Waals surface area (Å²) < 4.78 is 0. The first-order valence-electron chi connectivity index (χ1n) is 9.00. The minimum Gasteiger partial charge on any atom is -0.508 e. The molecule has 0 unspecified atom stereocenters. The van der Waals surface area contributed by atoms with Crippen molar-refractivity contribution in [2.24, 2.45) is 0 Å². The van der Waals surface area contributed by atoms with Gasteiger partial charge in [-0.3, -0.25) is 20.0 Å². The Morgan fingerprint density at radius 3 is 2.52 bits per heavy atom. The van der Waals surface area contributed by atoms with Gasteiger partial charge >= 0.3 is 0 Å². The standard InChI is InChI=1S/C20H23N5O3S/c1-10-6-7-13(26)11(2)16(10)22-18(28)14-9-21-19(29-14)23-17(27)12-8-15(25-24-12)20(3,4)5/h6-9,26H,1-5H3,(H,22,28)(H,24,25)(H,21,23,27). The molecule has 9 heteroatoms. The van der Waals surface area contributed by atoms with Crippen LogP contribution in [-0.4, -0.2) is 32.1 Å². The van der Waals surface area contributed by atoms with Crippen molar-refractivity contribution in [3.63, 3.8) is 0 Å². The highest BCUT2D eigenvalue weighted by molar-refractivity contribution is 7.17. The number of rotatable bonds is 4. The van der Waals surface area contributed by atoms with E-state index in [2.05, 4.69) is 25.8 Å². The van der Waals surface area contributed by atoms with Crippen LogP contribution in [0.5, 0.6) is 5.75 Å². The highest BCUT2D eigenvalue weighted by atomic mass is 32.1. The highest BCUT2D eigenvalue weighted by Gasteiger charge is 2.21. The molecule has 29 heavy (non-hydrogen) atoms. The summed E-state index contributed by atoms with van der Waals surface area (Å²) in [6.45, 7) is 9.62. The van der Waals surface area contributed by atoms with E-state index in [4.69, 9.17) is 0 Å². The van der Waals surface area contributed by atoms with Gasteiger partial charge in [0.2, 0.25) is 0 Å². The van der Waals surface area contributed by atoms with Crippen LogP contribution in [0.3, 0.4) is 0 Å². The highest BCUT2D eigenvalue weighted by Crippen LogP contribution is 2.29. The molecule has 8 nitrogen and oxygen atoms in total. The maximum absolute atomic E-state index is 12.6. The molecule has 0 aliphatic heterocycles. The molecule has 1 aromatic carbocycles. The normalized spacial score (nSPS) is 11.3. The van der Waals surface area contributed by atoms with E-state index in [1.54, 1.807) is 25.1 Å². The Morgan fingerprint density at radius 1 is 1.14 bits per heavy atom. The number of aromatic hydroxyl groups is 1. The number of hydrogen-bond acceptors (Lipinski definition) is 6. The zero-order chi connectivity index (χ0) is 21.3. The van der Waals surface area contributed by atoms with E-state index >= 15 is 0 Å². The Bertz CT molecular complexity index is 1080. The zero-order valence-electron chi connectivity index (χ0n) is 16.9. The second-order valence-electron chi connectivity index (χ2n) is 7.76. The number of nitrogens with one attached hydrogen (secondary N) is 3. The van der Waals surface area contributed by atoms with Crippen LogP contribution in [0.15, 0.2) is 24.4 Å². The van der Waals surface area contributed by atoms with Gasteiger partial charge in [0.25, 0.3) is 11.8 Å². The number of phenols is 1. The fraction of sp³-hybridized carbons (Fsp3) is 0.300. The number of H-pyrrole nitrogens is 1. The van der Waals surface area contributed by atoms with Crippen molar-refractivity contribution in [2.75, 3.05) is 10.6 Å². The molecule has 0 atom stereocenters. The number of carbonyl (C=O) groups is 2. The van der Waals surface area contributed by atoms with Crippen LogP contribution in [0.4, 0.5) is 10.8 Å². The first-order valence-corrected chi connectivity index (χ1v) is 9.81. The van der Waals surface area contributed by atoms with E-state index < -0.39 is 5.91 Å². The lowest BCUT2D eigenvalue weighted by atomic mass is 9.92. The van der Waals surface area contributed by atoms with Gasteiger partial charge in [-0.1, -0.05) is 38.2 Å². The molecule has 0 saturated heterocycles. The van der Waals surface area contributed by atoms with Crippen LogP contribution in [0.25, 0.3) is 0 Å². The molecule has 0 aliphatic rings. The number of aromatic amines is 1. The van der Waals surface area contributed by atoms with E-state index in [0.717, 1.165) is 22.6 Å². The maximum Gasteiger partial charge on any atom is 0.277 e. The molecule has 2 amide bonds. The lowest BCUT2D eigenvalue weighted by Crippen LogP contribution is -2.13. The summed E-state index contributed by atoms with van der Waals surface area (Å²) in [5.74, 6) is -0.663. The third-order valence-electron chi connectivity index (χ3n) is 4.45. The predicted molar refractivity (Wildman–Crippen MR) is 113 cm³/mol. The lowest BCUT2D eigenvalue weighted by molar-refractivity contribution is 0.101. The summed E-state index contributed by atoms with van der Waals surface area (Å²) in [4.78, 5) is 29.4. The minimum atomic E-state index is -0.405. The molecule has 0 saturated carbocycles. The second kappa shape index (κ2) is 7.67. The van der Waals surface area contributed by atoms with E-state index in [-0.39, 0.29) is 22.8 Å². The first-order chi connectivity index (χ1) is 13.6. The Morgan fingerprint density at radius 2 is 1.86 bits per heavy atom. The number of thiazole rings is 1. The summed E-state index contributed by atoms with van der Waals surface area (Å²) in [7, 11) is 0. The molecule has 2 aromatic heterocycles. The Hall–Kier alpha value is -3.20. The molecular weight excluding hydrogens is 390 g/mol. The Labute approximate surface area is 172 Å². The number of aromatic nitrogens is 3. The third kappa shape index (κ3) is 4.45. The largest absolute Gasteiger partial charge is 0.508 e. The monoisotopic (exact) mass is 413 g/mol. The SMILES string of the molecule is Cc1ccc(O)c(C)c1NC(=O)c1cnc(NC(=O)c2cc(C(C)(C)C)[nH]n2)s1. The third-order valence-corrected chi connectivity index (χ3v) is 5.36. The number of benzene rings is 1. The van der Waals surface area contributed by atoms with Crippen molar-refractivity contribution in [1.82, 2.24) is 15.2 Å². The van der Waals surface area contributed by atoms with Crippen molar-refractivity contribution in [3.8, 4) is 5.75 Å². The summed E-state index contributed by atoms with van der Waals surface area (Å²) >= 11 is 1.06. The van der Waals surface area contributed by atoms with Gasteiger partial charge in [-0.15, -0.1) is 0 Å². The molecule has 0 aliphatic carbocycles. The van der Waals surface area contributed by atoms with E-state index in [9.17, 15) is 14.7 Å². The van der Waals surface area contributed by atoms with Gasteiger partial charge in [0, 0.05) is 16.7 Å². The second-order valence-corrected chi connectivity index (χ2v) is 8.79. The van der Waals surface area contributed by atoms with Gasteiger partial charge in [-0.2, -0.15) is 5.10 Å². The van der Waals surface area contributed by atoms with E-state index in [1.807, 2.05) is 27.7 Å². The molecule has 0 radical (unpaired) electrons. The number of carbonyl (C=O) groups excluding carboxylic acids is 2. The molecule has 0 spiro atoms. The quantitative estimate of drug-likeness (QED) is 0.515. The van der Waals surface area contributed by atoms with Gasteiger partial charge in [0.1, 0.15) is 10.6 Å². The first kappa shape index (κ1) is 20.5. The van der Waals surface area contributed by atoms with Crippen LogP contribution in [-0.2, 0) is 5.41 Å². The van der Waals surface area contributed by atoms with Crippen LogP contribution in [0, 0.1) is 13.8 Å². The average Bonchev–Trinajstić information content (AvgIpc) is 3.31. The number of aryl methyl sites for hydroxylation is 1. The van der Waals surface area contributed by atoms with Gasteiger partial charge in [0.15, 0.2) is 10.8 Å². The number of hydrogen-bond donors (Lipinski definition) is 4. The predicted octanol–water partition coefficient (Wildman–Crippen LogP) is 3.99. The molecule has 3 aromatic rings. The maximum atomic E-state index is 12.6. The zero-order valence-corrected chi connectivity index (χ0v) is 17.7. The van der Waals surface area contributed by atoms with Crippen molar-refractivity contribution in [2.45, 2.75) is 40.0 Å². The molecule has 4 N–H and O–H groups in total. The van der Waals surface area contributed by atoms with Crippen LogP contribution in [0.1, 0.15) is 57.8 Å². The number of amides is 2. The van der Waals surface area contributed by atoms with E-state index in [1.165, 1.54) is 6.20 Å². The summed E-state index contributed by atoms with van der Waals surface area (Å²) in [6, 6.07) is 5.01. The van der Waals surface area contributed by atoms with Crippen molar-refractivity contribution in [3.05, 3.63) is 51.8 Å².